The predicted octanol–water partition coefficient (Wildman–Crippen LogP) is 3.92. The molecule has 2 rings (SSSR count). The first kappa shape index (κ1) is 12.9. The van der Waals surface area contributed by atoms with Crippen LogP contribution in [0.5, 0.6) is 0 Å². The van der Waals surface area contributed by atoms with E-state index in [4.69, 9.17) is 0 Å². The summed E-state index contributed by atoms with van der Waals surface area (Å²) in [6, 6.07) is 9.59. The molecule has 1 aliphatic carbocycles. The van der Waals surface area contributed by atoms with Gasteiger partial charge >= 0.3 is 5.97 Å². The fraction of sp³-hybridized carbons (Fsp3) is 0.438. The third-order valence-electron chi connectivity index (χ3n) is 4.13. The van der Waals surface area contributed by atoms with E-state index in [0.29, 0.717) is 0 Å². The second-order valence-electron chi connectivity index (χ2n) is 5.26. The molecule has 0 fully saturated rings. The Labute approximate surface area is 108 Å². The van der Waals surface area contributed by atoms with Gasteiger partial charge in [-0.1, -0.05) is 35.9 Å². The van der Waals surface area contributed by atoms with E-state index < -0.39 is 11.4 Å². The minimum absolute atomic E-state index is 0.745. The summed E-state index contributed by atoms with van der Waals surface area (Å²) in [7, 11) is 0. The second-order valence-corrected chi connectivity index (χ2v) is 5.26. The topological polar surface area (TPSA) is 37.3 Å². The smallest absolute Gasteiger partial charge is 0.318 e. The number of aliphatic carboxylic acids is 1. The van der Waals surface area contributed by atoms with Crippen LogP contribution >= 0.6 is 0 Å². The lowest BCUT2D eigenvalue weighted by molar-refractivity contribution is -0.141. The zero-order chi connectivity index (χ0) is 13.2. The average molecular weight is 244 g/mol. The Morgan fingerprint density at radius 2 is 1.78 bits per heavy atom. The standard InChI is InChI=1S/C16H20O2/c1-12-8-6-7-11-14(12)16(2,15(17)18)13-9-4-3-5-10-13/h3-5,9-10H,6-8,11H2,1-2H3,(H,17,18). The highest BCUT2D eigenvalue weighted by molar-refractivity contribution is 5.85. The average Bonchev–Trinajstić information content (AvgIpc) is 2.39. The lowest BCUT2D eigenvalue weighted by atomic mass is 9.70. The van der Waals surface area contributed by atoms with Gasteiger partial charge in [0.15, 0.2) is 0 Å². The summed E-state index contributed by atoms with van der Waals surface area (Å²) < 4.78 is 0. The number of hydrogen-bond acceptors (Lipinski definition) is 1. The van der Waals surface area contributed by atoms with Crippen LogP contribution in [0.4, 0.5) is 0 Å². The van der Waals surface area contributed by atoms with Gasteiger partial charge in [0.1, 0.15) is 5.41 Å². The van der Waals surface area contributed by atoms with Crippen LogP contribution in [0.2, 0.25) is 0 Å². The largest absolute Gasteiger partial charge is 0.480 e. The van der Waals surface area contributed by atoms with Gasteiger partial charge in [-0.15, -0.1) is 0 Å². The molecular formula is C16H20O2. The molecule has 1 aromatic rings. The van der Waals surface area contributed by atoms with Crippen LogP contribution in [-0.2, 0) is 10.2 Å². The summed E-state index contributed by atoms with van der Waals surface area (Å²) in [5.41, 5.74) is 2.38. The first-order valence-electron chi connectivity index (χ1n) is 6.55. The minimum Gasteiger partial charge on any atom is -0.480 e. The molecule has 0 spiro atoms. The molecule has 1 unspecified atom stereocenters. The highest BCUT2D eigenvalue weighted by Gasteiger charge is 2.40. The molecule has 0 aromatic heterocycles. The fourth-order valence-electron chi connectivity index (χ4n) is 2.93. The molecule has 0 saturated heterocycles. The van der Waals surface area contributed by atoms with E-state index in [1.165, 1.54) is 12.0 Å². The van der Waals surface area contributed by atoms with Crippen LogP contribution in [0.1, 0.15) is 45.1 Å². The maximum absolute atomic E-state index is 11.8. The highest BCUT2D eigenvalue weighted by Crippen LogP contribution is 2.40. The quantitative estimate of drug-likeness (QED) is 0.818. The monoisotopic (exact) mass is 244 g/mol. The molecule has 1 aromatic carbocycles. The van der Waals surface area contributed by atoms with Gasteiger partial charge in [-0.3, -0.25) is 4.79 Å². The molecule has 2 heteroatoms. The molecule has 0 amide bonds. The Morgan fingerprint density at radius 3 is 2.33 bits per heavy atom. The van der Waals surface area contributed by atoms with E-state index in [2.05, 4.69) is 6.92 Å². The highest BCUT2D eigenvalue weighted by atomic mass is 16.4. The van der Waals surface area contributed by atoms with Crippen molar-refractivity contribution in [3.05, 3.63) is 47.0 Å². The summed E-state index contributed by atoms with van der Waals surface area (Å²) in [5, 5.41) is 9.72. The Kier molecular flexibility index (Phi) is 3.55. The van der Waals surface area contributed by atoms with Gasteiger partial charge in [0.25, 0.3) is 0 Å². The van der Waals surface area contributed by atoms with Crippen molar-refractivity contribution in [2.75, 3.05) is 0 Å². The molecule has 0 aliphatic heterocycles. The maximum Gasteiger partial charge on any atom is 0.318 e. The van der Waals surface area contributed by atoms with Gasteiger partial charge < -0.3 is 5.11 Å². The van der Waals surface area contributed by atoms with E-state index in [-0.39, 0.29) is 0 Å². The normalized spacial score (nSPS) is 19.4. The van der Waals surface area contributed by atoms with Crippen molar-refractivity contribution in [2.45, 2.75) is 44.9 Å². The van der Waals surface area contributed by atoms with Crippen LogP contribution < -0.4 is 0 Å². The van der Waals surface area contributed by atoms with E-state index in [0.717, 1.165) is 30.4 Å². The Hall–Kier alpha value is -1.57. The lowest BCUT2D eigenvalue weighted by Crippen LogP contribution is -2.36. The van der Waals surface area contributed by atoms with Crippen molar-refractivity contribution in [1.29, 1.82) is 0 Å². The molecule has 2 nitrogen and oxygen atoms in total. The molecule has 18 heavy (non-hydrogen) atoms. The van der Waals surface area contributed by atoms with Crippen LogP contribution in [-0.4, -0.2) is 11.1 Å². The zero-order valence-electron chi connectivity index (χ0n) is 11.1. The van der Waals surface area contributed by atoms with E-state index in [9.17, 15) is 9.90 Å². The Morgan fingerprint density at radius 1 is 1.17 bits per heavy atom. The number of carbonyl (C=O) groups is 1. The van der Waals surface area contributed by atoms with Gasteiger partial charge in [0.2, 0.25) is 0 Å². The molecule has 0 heterocycles. The van der Waals surface area contributed by atoms with Crippen LogP contribution in [0.3, 0.4) is 0 Å². The van der Waals surface area contributed by atoms with Crippen molar-refractivity contribution in [2.24, 2.45) is 0 Å². The number of carboxylic acids is 1. The zero-order valence-corrected chi connectivity index (χ0v) is 11.1. The number of rotatable bonds is 3. The maximum atomic E-state index is 11.8. The Balaban J connectivity index is 2.55. The summed E-state index contributed by atoms with van der Waals surface area (Å²) in [6.45, 7) is 3.92. The molecule has 0 radical (unpaired) electrons. The van der Waals surface area contributed by atoms with Crippen molar-refractivity contribution in [1.82, 2.24) is 0 Å². The van der Waals surface area contributed by atoms with Gasteiger partial charge in [-0.05, 0) is 50.7 Å². The van der Waals surface area contributed by atoms with E-state index in [1.807, 2.05) is 37.3 Å². The minimum atomic E-state index is -0.869. The molecule has 1 atom stereocenters. The van der Waals surface area contributed by atoms with E-state index in [1.54, 1.807) is 0 Å². The summed E-state index contributed by atoms with van der Waals surface area (Å²) in [4.78, 5) is 11.8. The third kappa shape index (κ3) is 2.07. The van der Waals surface area contributed by atoms with Crippen LogP contribution in [0.25, 0.3) is 0 Å². The second kappa shape index (κ2) is 4.97. The van der Waals surface area contributed by atoms with Crippen molar-refractivity contribution < 1.29 is 9.90 Å². The van der Waals surface area contributed by atoms with Gasteiger partial charge in [0.05, 0.1) is 0 Å². The fourth-order valence-corrected chi connectivity index (χ4v) is 2.93. The van der Waals surface area contributed by atoms with Crippen molar-refractivity contribution in [3.8, 4) is 0 Å². The lowest BCUT2D eigenvalue weighted by Gasteiger charge is -2.33. The SMILES string of the molecule is CC1=C(C(C)(C(=O)O)c2ccccc2)CCCC1. The first-order chi connectivity index (χ1) is 8.56. The van der Waals surface area contributed by atoms with Gasteiger partial charge in [0, 0.05) is 0 Å². The van der Waals surface area contributed by atoms with Crippen LogP contribution in [0, 0.1) is 0 Å². The molecular weight excluding hydrogens is 224 g/mol. The molecule has 1 aliphatic rings. The predicted molar refractivity (Wildman–Crippen MR) is 72.6 cm³/mol. The first-order valence-corrected chi connectivity index (χ1v) is 6.55. The molecule has 0 saturated carbocycles. The molecule has 0 bridgehead atoms. The summed E-state index contributed by atoms with van der Waals surface area (Å²) in [6.07, 6.45) is 4.22. The number of allylic oxidation sites excluding steroid dienone is 1. The van der Waals surface area contributed by atoms with Crippen LogP contribution in [0.15, 0.2) is 41.5 Å². The van der Waals surface area contributed by atoms with E-state index >= 15 is 0 Å². The van der Waals surface area contributed by atoms with Gasteiger partial charge in [-0.2, -0.15) is 0 Å². The molecule has 96 valence electrons. The Bertz CT molecular complexity index is 473. The summed E-state index contributed by atoms with van der Waals surface area (Å²) >= 11 is 0. The number of carboxylic acid groups (broad SMARTS) is 1. The molecule has 1 N–H and O–H groups in total. The number of hydrogen-bond donors (Lipinski definition) is 1. The van der Waals surface area contributed by atoms with Crippen molar-refractivity contribution in [3.63, 3.8) is 0 Å². The third-order valence-corrected chi connectivity index (χ3v) is 4.13. The van der Waals surface area contributed by atoms with Gasteiger partial charge in [-0.25, -0.2) is 0 Å². The summed E-state index contributed by atoms with van der Waals surface area (Å²) in [5.74, 6) is -0.745. The van der Waals surface area contributed by atoms with Crippen molar-refractivity contribution >= 4 is 5.97 Å². The number of benzene rings is 1.